The van der Waals surface area contributed by atoms with Gasteiger partial charge in [0, 0.05) is 12.0 Å². The van der Waals surface area contributed by atoms with Crippen molar-refractivity contribution >= 4 is 11.7 Å². The first-order valence-electron chi connectivity index (χ1n) is 7.23. The van der Waals surface area contributed by atoms with E-state index in [0.29, 0.717) is 0 Å². The second kappa shape index (κ2) is 4.67. The Bertz CT molecular complexity index is 358. The SMILES string of the molecule is CC(=O)[C@]1(C)CCCN1C(=O)C1(C)CCCCC1. The maximum atomic E-state index is 12.8. The van der Waals surface area contributed by atoms with Crippen molar-refractivity contribution < 1.29 is 9.59 Å². The van der Waals surface area contributed by atoms with Crippen molar-refractivity contribution in [2.75, 3.05) is 6.54 Å². The second-order valence-corrected chi connectivity index (χ2v) is 6.51. The zero-order valence-corrected chi connectivity index (χ0v) is 11.9. The molecule has 3 heteroatoms. The van der Waals surface area contributed by atoms with Gasteiger partial charge in [0.2, 0.25) is 5.91 Å². The number of hydrogen-bond donors (Lipinski definition) is 0. The summed E-state index contributed by atoms with van der Waals surface area (Å²) in [6.07, 6.45) is 7.28. The lowest BCUT2D eigenvalue weighted by molar-refractivity contribution is -0.151. The molecule has 0 unspecified atom stereocenters. The number of Topliss-reactive ketones (excluding diaryl/α,β-unsaturated/α-hetero) is 1. The summed E-state index contributed by atoms with van der Waals surface area (Å²) in [5, 5.41) is 0. The molecular weight excluding hydrogens is 226 g/mol. The number of likely N-dealkylation sites (tertiary alicyclic amines) is 1. The highest BCUT2D eigenvalue weighted by Crippen LogP contribution is 2.41. The van der Waals surface area contributed by atoms with Crippen LogP contribution in [0.25, 0.3) is 0 Å². The third kappa shape index (κ3) is 2.08. The fourth-order valence-electron chi connectivity index (χ4n) is 3.53. The van der Waals surface area contributed by atoms with Crippen LogP contribution in [0.5, 0.6) is 0 Å². The van der Waals surface area contributed by atoms with Gasteiger partial charge in [0.25, 0.3) is 0 Å². The maximum Gasteiger partial charge on any atom is 0.229 e. The standard InChI is InChI=1S/C15H25NO2/c1-12(17)15(3)10-7-11-16(15)13(18)14(2)8-5-4-6-9-14/h4-11H2,1-3H3/t15-/m0/s1. The van der Waals surface area contributed by atoms with Gasteiger partial charge in [-0.25, -0.2) is 0 Å². The van der Waals surface area contributed by atoms with Crippen LogP contribution in [0.4, 0.5) is 0 Å². The molecule has 0 aromatic carbocycles. The Kier molecular flexibility index (Phi) is 3.52. The van der Waals surface area contributed by atoms with Gasteiger partial charge in [-0.15, -0.1) is 0 Å². The molecular formula is C15H25NO2. The van der Waals surface area contributed by atoms with Gasteiger partial charge in [0.1, 0.15) is 0 Å². The number of ketones is 1. The van der Waals surface area contributed by atoms with Gasteiger partial charge in [-0.05, 0) is 39.5 Å². The van der Waals surface area contributed by atoms with Crippen molar-refractivity contribution in [3.05, 3.63) is 0 Å². The van der Waals surface area contributed by atoms with E-state index in [0.717, 1.165) is 45.1 Å². The second-order valence-electron chi connectivity index (χ2n) is 6.51. The first kappa shape index (κ1) is 13.6. The molecule has 2 rings (SSSR count). The van der Waals surface area contributed by atoms with Crippen LogP contribution in [0, 0.1) is 5.41 Å². The van der Waals surface area contributed by atoms with E-state index in [4.69, 9.17) is 0 Å². The lowest BCUT2D eigenvalue weighted by Gasteiger charge is -2.41. The average Bonchev–Trinajstić information content (AvgIpc) is 2.72. The molecule has 3 nitrogen and oxygen atoms in total. The van der Waals surface area contributed by atoms with Crippen LogP contribution in [0.3, 0.4) is 0 Å². The topological polar surface area (TPSA) is 37.4 Å². The van der Waals surface area contributed by atoms with Gasteiger partial charge < -0.3 is 4.90 Å². The van der Waals surface area contributed by atoms with E-state index in [1.54, 1.807) is 6.92 Å². The highest BCUT2D eigenvalue weighted by atomic mass is 16.2. The molecule has 1 amide bonds. The molecule has 1 saturated carbocycles. The quantitative estimate of drug-likeness (QED) is 0.756. The zero-order valence-electron chi connectivity index (χ0n) is 11.9. The lowest BCUT2D eigenvalue weighted by Crippen LogP contribution is -2.54. The van der Waals surface area contributed by atoms with E-state index in [1.165, 1.54) is 6.42 Å². The summed E-state index contributed by atoms with van der Waals surface area (Å²) in [5.74, 6) is 0.352. The molecule has 1 atom stereocenters. The number of carbonyl (C=O) groups excluding carboxylic acids is 2. The van der Waals surface area contributed by atoms with Crippen molar-refractivity contribution in [2.24, 2.45) is 5.41 Å². The molecule has 0 aromatic heterocycles. The fraction of sp³-hybridized carbons (Fsp3) is 0.867. The van der Waals surface area contributed by atoms with Crippen LogP contribution in [-0.4, -0.2) is 28.7 Å². The van der Waals surface area contributed by atoms with Gasteiger partial charge in [-0.1, -0.05) is 26.2 Å². The molecule has 0 bridgehead atoms. The maximum absolute atomic E-state index is 12.8. The molecule has 0 spiro atoms. The Morgan fingerprint density at radius 2 is 1.56 bits per heavy atom. The minimum absolute atomic E-state index is 0.132. The Balaban J connectivity index is 2.20. The van der Waals surface area contributed by atoms with Gasteiger partial charge in [0.05, 0.1) is 5.54 Å². The number of amides is 1. The number of nitrogens with zero attached hydrogens (tertiary/aromatic N) is 1. The summed E-state index contributed by atoms with van der Waals surface area (Å²) < 4.78 is 0. The largest absolute Gasteiger partial charge is 0.330 e. The van der Waals surface area contributed by atoms with Crippen LogP contribution in [0.1, 0.15) is 65.7 Å². The van der Waals surface area contributed by atoms with Gasteiger partial charge >= 0.3 is 0 Å². The normalized spacial score (nSPS) is 31.4. The Labute approximate surface area is 110 Å². The minimum Gasteiger partial charge on any atom is -0.330 e. The highest BCUT2D eigenvalue weighted by molar-refractivity contribution is 5.93. The zero-order chi connectivity index (χ0) is 13.4. The van der Waals surface area contributed by atoms with Crippen LogP contribution in [-0.2, 0) is 9.59 Å². The van der Waals surface area contributed by atoms with Crippen molar-refractivity contribution in [1.29, 1.82) is 0 Å². The Morgan fingerprint density at radius 3 is 2.11 bits per heavy atom. The number of rotatable bonds is 2. The summed E-state index contributed by atoms with van der Waals surface area (Å²) in [4.78, 5) is 26.6. The summed E-state index contributed by atoms with van der Waals surface area (Å²) in [7, 11) is 0. The molecule has 1 saturated heterocycles. The minimum atomic E-state index is -0.544. The average molecular weight is 251 g/mol. The summed E-state index contributed by atoms with van der Waals surface area (Å²) in [6, 6.07) is 0. The van der Waals surface area contributed by atoms with E-state index >= 15 is 0 Å². The molecule has 0 aromatic rings. The fourth-order valence-corrected chi connectivity index (χ4v) is 3.53. The van der Waals surface area contributed by atoms with Crippen LogP contribution < -0.4 is 0 Å². The summed E-state index contributed by atoms with van der Waals surface area (Å²) >= 11 is 0. The molecule has 2 aliphatic rings. The first-order chi connectivity index (χ1) is 8.40. The van der Waals surface area contributed by atoms with Crippen LogP contribution in [0.15, 0.2) is 0 Å². The predicted octanol–water partition coefficient (Wildman–Crippen LogP) is 2.93. The lowest BCUT2D eigenvalue weighted by atomic mass is 9.74. The highest BCUT2D eigenvalue weighted by Gasteiger charge is 2.48. The monoisotopic (exact) mass is 251 g/mol. The molecule has 0 radical (unpaired) electrons. The van der Waals surface area contributed by atoms with E-state index in [-0.39, 0.29) is 17.1 Å². The van der Waals surface area contributed by atoms with E-state index < -0.39 is 5.54 Å². The summed E-state index contributed by atoms with van der Waals surface area (Å²) in [6.45, 7) is 6.40. The third-order valence-corrected chi connectivity index (χ3v) is 5.12. The molecule has 18 heavy (non-hydrogen) atoms. The van der Waals surface area contributed by atoms with Crippen molar-refractivity contribution in [2.45, 2.75) is 71.3 Å². The van der Waals surface area contributed by atoms with Crippen molar-refractivity contribution in [3.8, 4) is 0 Å². The smallest absolute Gasteiger partial charge is 0.229 e. The van der Waals surface area contributed by atoms with Crippen LogP contribution in [0.2, 0.25) is 0 Å². The van der Waals surface area contributed by atoms with Crippen molar-refractivity contribution in [1.82, 2.24) is 4.90 Å². The Hall–Kier alpha value is -0.860. The molecule has 0 N–H and O–H groups in total. The predicted molar refractivity (Wildman–Crippen MR) is 71.2 cm³/mol. The van der Waals surface area contributed by atoms with E-state index in [9.17, 15) is 9.59 Å². The molecule has 102 valence electrons. The van der Waals surface area contributed by atoms with Gasteiger partial charge in [-0.3, -0.25) is 9.59 Å². The third-order valence-electron chi connectivity index (χ3n) is 5.12. The van der Waals surface area contributed by atoms with Crippen LogP contribution >= 0.6 is 0 Å². The van der Waals surface area contributed by atoms with E-state index in [1.807, 2.05) is 11.8 Å². The summed E-state index contributed by atoms with van der Waals surface area (Å²) in [5.41, 5.74) is -0.767. The number of carbonyl (C=O) groups is 2. The van der Waals surface area contributed by atoms with E-state index in [2.05, 4.69) is 6.92 Å². The molecule has 1 heterocycles. The molecule has 1 aliphatic carbocycles. The van der Waals surface area contributed by atoms with Gasteiger partial charge in [0.15, 0.2) is 5.78 Å². The number of hydrogen-bond acceptors (Lipinski definition) is 2. The first-order valence-corrected chi connectivity index (χ1v) is 7.23. The Morgan fingerprint density at radius 1 is 0.944 bits per heavy atom. The molecule has 2 fully saturated rings. The van der Waals surface area contributed by atoms with Crippen molar-refractivity contribution in [3.63, 3.8) is 0 Å². The van der Waals surface area contributed by atoms with Gasteiger partial charge in [-0.2, -0.15) is 0 Å². The molecule has 1 aliphatic heterocycles.